The highest BCUT2D eigenvalue weighted by atomic mass is 32.1. The van der Waals surface area contributed by atoms with E-state index in [9.17, 15) is 9.18 Å². The Bertz CT molecular complexity index is 1380. The lowest BCUT2D eigenvalue weighted by Crippen LogP contribution is -2.32. The van der Waals surface area contributed by atoms with Gasteiger partial charge in [0.05, 0.1) is 10.6 Å². The van der Waals surface area contributed by atoms with Gasteiger partial charge in [-0.25, -0.2) is 19.0 Å². The van der Waals surface area contributed by atoms with Crippen LogP contribution in [0.15, 0.2) is 84.5 Å². The fraction of sp³-hybridized carbons (Fsp3) is 0.0833. The van der Waals surface area contributed by atoms with Crippen LogP contribution >= 0.6 is 11.3 Å². The maximum absolute atomic E-state index is 13.5. The Kier molecular flexibility index (Phi) is 5.54. The van der Waals surface area contributed by atoms with Gasteiger partial charge in [0.2, 0.25) is 5.82 Å². The van der Waals surface area contributed by atoms with E-state index < -0.39 is 11.9 Å². The summed E-state index contributed by atoms with van der Waals surface area (Å²) in [6, 6.07) is 18.8. The molecule has 0 saturated heterocycles. The molecule has 164 valence electrons. The molecule has 0 spiro atoms. The molecule has 0 aliphatic rings. The number of rotatable bonds is 6. The second-order valence-electron chi connectivity index (χ2n) is 7.34. The van der Waals surface area contributed by atoms with E-state index in [1.807, 2.05) is 54.9 Å². The zero-order valence-corrected chi connectivity index (χ0v) is 18.4. The maximum atomic E-state index is 13.5. The molecule has 0 radical (unpaired) electrons. The van der Waals surface area contributed by atoms with Crippen molar-refractivity contribution >= 4 is 17.2 Å². The van der Waals surface area contributed by atoms with Gasteiger partial charge in [-0.15, -0.1) is 16.4 Å². The Morgan fingerprint density at radius 3 is 2.52 bits per heavy atom. The Hall–Kier alpha value is -4.11. The Morgan fingerprint density at radius 1 is 1.06 bits per heavy atom. The molecular formula is C24H19FN6OS. The van der Waals surface area contributed by atoms with Gasteiger partial charge in [0.25, 0.3) is 5.91 Å². The molecule has 1 amide bonds. The molecule has 5 rings (SSSR count). The minimum Gasteiger partial charge on any atom is -0.336 e. The van der Waals surface area contributed by atoms with E-state index in [1.165, 1.54) is 23.5 Å². The summed E-state index contributed by atoms with van der Waals surface area (Å²) in [6.07, 6.45) is 3.44. The number of halogens is 1. The molecule has 3 aromatic heterocycles. The molecule has 2 aromatic carbocycles. The van der Waals surface area contributed by atoms with Crippen LogP contribution in [0.25, 0.3) is 16.4 Å². The number of benzene rings is 2. The summed E-state index contributed by atoms with van der Waals surface area (Å²) in [6.45, 7) is 0. The highest BCUT2D eigenvalue weighted by molar-refractivity contribution is 7.13. The molecule has 0 aliphatic heterocycles. The van der Waals surface area contributed by atoms with E-state index in [2.05, 4.69) is 20.4 Å². The van der Waals surface area contributed by atoms with Crippen LogP contribution < -0.4 is 5.32 Å². The quantitative estimate of drug-likeness (QED) is 0.409. The molecule has 7 nitrogen and oxygen atoms in total. The topological polar surface area (TPSA) is 77.6 Å². The van der Waals surface area contributed by atoms with E-state index >= 15 is 0 Å². The fourth-order valence-electron chi connectivity index (χ4n) is 3.53. The zero-order valence-electron chi connectivity index (χ0n) is 17.6. The normalized spacial score (nSPS) is 11.9. The second kappa shape index (κ2) is 8.79. The van der Waals surface area contributed by atoms with E-state index in [0.717, 1.165) is 10.6 Å². The molecule has 0 saturated carbocycles. The van der Waals surface area contributed by atoms with Crippen LogP contribution in [0.1, 0.15) is 28.0 Å². The predicted molar refractivity (Wildman–Crippen MR) is 124 cm³/mol. The molecule has 0 aliphatic carbocycles. The number of imidazole rings is 1. The largest absolute Gasteiger partial charge is 0.336 e. The SMILES string of the molecule is Cn1ccnc1[C@@H](NC(=O)c1nc(-c2cccs2)n(-c2ccccc2)n1)c1ccc(F)cc1. The van der Waals surface area contributed by atoms with Crippen molar-refractivity contribution in [3.05, 3.63) is 108 Å². The first-order chi connectivity index (χ1) is 16.1. The number of para-hydroxylation sites is 1. The molecule has 0 bridgehead atoms. The van der Waals surface area contributed by atoms with Crippen molar-refractivity contribution in [3.8, 4) is 16.4 Å². The maximum Gasteiger partial charge on any atom is 0.291 e. The Morgan fingerprint density at radius 2 is 1.85 bits per heavy atom. The van der Waals surface area contributed by atoms with Gasteiger partial charge in [0.15, 0.2) is 5.82 Å². The number of carbonyl (C=O) groups excluding carboxylic acids is 1. The number of nitrogens with one attached hydrogen (secondary N) is 1. The molecule has 33 heavy (non-hydrogen) atoms. The number of aryl methyl sites for hydroxylation is 1. The van der Waals surface area contributed by atoms with Crippen molar-refractivity contribution < 1.29 is 9.18 Å². The third kappa shape index (κ3) is 4.18. The minimum atomic E-state index is -0.605. The monoisotopic (exact) mass is 458 g/mol. The summed E-state index contributed by atoms with van der Waals surface area (Å²) < 4.78 is 17.0. The molecule has 5 aromatic rings. The van der Waals surface area contributed by atoms with Gasteiger partial charge in [-0.05, 0) is 41.3 Å². The average molecular weight is 459 g/mol. The van der Waals surface area contributed by atoms with Crippen LogP contribution in [-0.4, -0.2) is 30.2 Å². The summed E-state index contributed by atoms with van der Waals surface area (Å²) in [4.78, 5) is 23.1. The first-order valence-electron chi connectivity index (χ1n) is 10.2. The van der Waals surface area contributed by atoms with Crippen LogP contribution in [0, 0.1) is 5.82 Å². The van der Waals surface area contributed by atoms with Gasteiger partial charge in [-0.2, -0.15) is 0 Å². The Labute approximate surface area is 193 Å². The number of carbonyl (C=O) groups is 1. The zero-order chi connectivity index (χ0) is 22.8. The first-order valence-corrected chi connectivity index (χ1v) is 11.1. The standard InChI is InChI=1S/C24H19FN6OS/c1-30-14-13-26-23(30)20(16-9-11-17(25)12-10-16)27-24(32)21-28-22(19-8-5-15-33-19)31(29-21)18-6-3-2-4-7-18/h2-15,20H,1H3,(H,27,32)/t20-/m0/s1. The lowest BCUT2D eigenvalue weighted by molar-refractivity contribution is 0.0930. The number of thiophene rings is 1. The number of aromatic nitrogens is 5. The van der Waals surface area contributed by atoms with E-state index in [4.69, 9.17) is 0 Å². The number of nitrogens with zero attached hydrogens (tertiary/aromatic N) is 5. The molecule has 9 heteroatoms. The van der Waals surface area contributed by atoms with Crippen LogP contribution in [0.2, 0.25) is 0 Å². The van der Waals surface area contributed by atoms with Crippen LogP contribution in [0.4, 0.5) is 4.39 Å². The van der Waals surface area contributed by atoms with Gasteiger partial charge in [0, 0.05) is 19.4 Å². The first kappa shape index (κ1) is 20.8. The lowest BCUT2D eigenvalue weighted by Gasteiger charge is -2.18. The van der Waals surface area contributed by atoms with Gasteiger partial charge in [-0.3, -0.25) is 4.79 Å². The molecule has 1 N–H and O–H groups in total. The number of hydrogen-bond donors (Lipinski definition) is 1. The smallest absolute Gasteiger partial charge is 0.291 e. The minimum absolute atomic E-state index is 0.0311. The number of amides is 1. The van der Waals surface area contributed by atoms with E-state index in [0.29, 0.717) is 17.2 Å². The Balaban J connectivity index is 1.53. The van der Waals surface area contributed by atoms with E-state index in [1.54, 1.807) is 33.8 Å². The molecule has 3 heterocycles. The summed E-state index contributed by atoms with van der Waals surface area (Å²) in [5, 5.41) is 9.43. The van der Waals surface area contributed by atoms with Gasteiger partial charge < -0.3 is 9.88 Å². The highest BCUT2D eigenvalue weighted by Gasteiger charge is 2.25. The van der Waals surface area contributed by atoms with Crippen molar-refractivity contribution in [2.75, 3.05) is 0 Å². The molecule has 0 unspecified atom stereocenters. The summed E-state index contributed by atoms with van der Waals surface area (Å²) in [7, 11) is 1.84. The van der Waals surface area contributed by atoms with Crippen LogP contribution in [0.3, 0.4) is 0 Å². The van der Waals surface area contributed by atoms with Crippen LogP contribution in [0.5, 0.6) is 0 Å². The molecule has 0 fully saturated rings. The summed E-state index contributed by atoms with van der Waals surface area (Å²) >= 11 is 1.52. The second-order valence-corrected chi connectivity index (χ2v) is 8.29. The average Bonchev–Trinajstić information content (AvgIpc) is 3.59. The van der Waals surface area contributed by atoms with Gasteiger partial charge >= 0.3 is 0 Å². The van der Waals surface area contributed by atoms with Crippen molar-refractivity contribution in [2.45, 2.75) is 6.04 Å². The van der Waals surface area contributed by atoms with Gasteiger partial charge in [0.1, 0.15) is 17.7 Å². The fourth-order valence-corrected chi connectivity index (χ4v) is 4.22. The highest BCUT2D eigenvalue weighted by Crippen LogP contribution is 2.26. The van der Waals surface area contributed by atoms with Crippen molar-refractivity contribution in [3.63, 3.8) is 0 Å². The van der Waals surface area contributed by atoms with E-state index in [-0.39, 0.29) is 11.6 Å². The van der Waals surface area contributed by atoms with Crippen LogP contribution in [-0.2, 0) is 7.05 Å². The van der Waals surface area contributed by atoms with Crippen molar-refractivity contribution in [1.82, 2.24) is 29.6 Å². The summed E-state index contributed by atoms with van der Waals surface area (Å²) in [5.41, 5.74) is 1.49. The lowest BCUT2D eigenvalue weighted by atomic mass is 10.1. The molecular weight excluding hydrogens is 439 g/mol. The molecule has 1 atom stereocenters. The van der Waals surface area contributed by atoms with Crippen molar-refractivity contribution in [2.24, 2.45) is 7.05 Å². The predicted octanol–water partition coefficient (Wildman–Crippen LogP) is 4.39. The van der Waals surface area contributed by atoms with Crippen molar-refractivity contribution in [1.29, 1.82) is 0 Å². The summed E-state index contributed by atoms with van der Waals surface area (Å²) in [5.74, 6) is 0.406. The van der Waals surface area contributed by atoms with Gasteiger partial charge in [-0.1, -0.05) is 36.4 Å². The third-order valence-corrected chi connectivity index (χ3v) is 6.01. The number of hydrogen-bond acceptors (Lipinski definition) is 5. The third-order valence-electron chi connectivity index (χ3n) is 5.15.